The van der Waals surface area contributed by atoms with Gasteiger partial charge >= 0.3 is 7.12 Å². The molecular weight excluding hydrogens is 211 g/mol. The molecule has 3 saturated carbocycles. The molecule has 4 fully saturated rings. The minimum atomic E-state index is -0.106. The zero-order valence-corrected chi connectivity index (χ0v) is 11.6. The minimum absolute atomic E-state index is 0.0623. The van der Waals surface area contributed by atoms with E-state index < -0.39 is 0 Å². The van der Waals surface area contributed by atoms with E-state index in [1.54, 1.807) is 0 Å². The van der Waals surface area contributed by atoms with Crippen molar-refractivity contribution < 1.29 is 9.31 Å². The van der Waals surface area contributed by atoms with Crippen LogP contribution < -0.4 is 0 Å². The summed E-state index contributed by atoms with van der Waals surface area (Å²) in [6.07, 6.45) is 4.90. The van der Waals surface area contributed by atoms with Crippen LogP contribution in [0.5, 0.6) is 0 Å². The molecule has 4 atom stereocenters. The molecule has 1 aliphatic heterocycles. The van der Waals surface area contributed by atoms with Crippen molar-refractivity contribution in [2.45, 2.75) is 59.2 Å². The molecule has 0 aromatic rings. The average Bonchev–Trinajstić information content (AvgIpc) is 2.64. The lowest BCUT2D eigenvalue weighted by Crippen LogP contribution is -2.65. The van der Waals surface area contributed by atoms with Crippen molar-refractivity contribution >= 4 is 7.12 Å². The monoisotopic (exact) mass is 234 g/mol. The number of hydrogen-bond acceptors (Lipinski definition) is 2. The quantitative estimate of drug-likeness (QED) is 0.648. The van der Waals surface area contributed by atoms with Gasteiger partial charge in [-0.1, -0.05) is 19.9 Å². The Labute approximate surface area is 105 Å². The van der Waals surface area contributed by atoms with Crippen LogP contribution in [0.25, 0.3) is 0 Å². The second-order valence-electron chi connectivity index (χ2n) is 6.83. The maximum absolute atomic E-state index is 6.30. The van der Waals surface area contributed by atoms with E-state index in [1.807, 2.05) is 0 Å². The summed E-state index contributed by atoms with van der Waals surface area (Å²) >= 11 is 0. The molecule has 4 rings (SSSR count). The third-order valence-electron chi connectivity index (χ3n) is 5.78. The SMILES string of the molecule is C/C=C(\C)B1O[C@@H]2C[C@H]3C[C@H](C3(C)C)[C@]2(C)O1. The Bertz CT molecular complexity index is 376. The second kappa shape index (κ2) is 3.39. The van der Waals surface area contributed by atoms with E-state index in [2.05, 4.69) is 40.7 Å². The van der Waals surface area contributed by atoms with Crippen LogP contribution in [0, 0.1) is 17.3 Å². The van der Waals surface area contributed by atoms with E-state index in [0.29, 0.717) is 17.4 Å². The standard InChI is InChI=1S/C14H23BO2/c1-6-9(2)15-16-12-8-10-7-11(13(10,3)4)14(12,5)17-15/h6,10-12H,7-8H2,1-5H3/b9-6+/t10-,11-,12-,14+/m1/s1. The van der Waals surface area contributed by atoms with Crippen LogP contribution in [-0.4, -0.2) is 18.8 Å². The lowest BCUT2D eigenvalue weighted by atomic mass is 9.43. The summed E-state index contributed by atoms with van der Waals surface area (Å²) in [5.74, 6) is 1.49. The van der Waals surface area contributed by atoms with Gasteiger partial charge in [0.05, 0.1) is 11.7 Å². The zero-order chi connectivity index (χ0) is 12.4. The normalized spacial score (nSPS) is 47.7. The molecule has 17 heavy (non-hydrogen) atoms. The van der Waals surface area contributed by atoms with Gasteiger partial charge in [0.25, 0.3) is 0 Å². The molecule has 1 saturated heterocycles. The Balaban J connectivity index is 1.87. The molecule has 2 bridgehead atoms. The van der Waals surface area contributed by atoms with Crippen molar-refractivity contribution in [3.05, 3.63) is 11.5 Å². The first-order valence-electron chi connectivity index (χ1n) is 6.85. The van der Waals surface area contributed by atoms with Gasteiger partial charge in [-0.3, -0.25) is 0 Å². The average molecular weight is 234 g/mol. The van der Waals surface area contributed by atoms with Crippen molar-refractivity contribution in [1.82, 2.24) is 0 Å². The van der Waals surface area contributed by atoms with E-state index in [9.17, 15) is 0 Å². The zero-order valence-electron chi connectivity index (χ0n) is 11.6. The summed E-state index contributed by atoms with van der Waals surface area (Å²) in [7, 11) is -0.106. The molecule has 0 N–H and O–H groups in total. The van der Waals surface area contributed by atoms with E-state index in [1.165, 1.54) is 18.3 Å². The third kappa shape index (κ3) is 1.36. The molecule has 1 heterocycles. The molecule has 3 aliphatic carbocycles. The van der Waals surface area contributed by atoms with Crippen molar-refractivity contribution in [2.24, 2.45) is 17.3 Å². The molecule has 94 valence electrons. The van der Waals surface area contributed by atoms with Crippen molar-refractivity contribution in [1.29, 1.82) is 0 Å². The van der Waals surface area contributed by atoms with E-state index >= 15 is 0 Å². The highest BCUT2D eigenvalue weighted by Gasteiger charge is 2.67. The van der Waals surface area contributed by atoms with Gasteiger partial charge in [0.15, 0.2) is 0 Å². The van der Waals surface area contributed by atoms with Crippen molar-refractivity contribution in [3.8, 4) is 0 Å². The fourth-order valence-electron chi connectivity index (χ4n) is 4.20. The van der Waals surface area contributed by atoms with Crippen LogP contribution in [0.2, 0.25) is 0 Å². The lowest BCUT2D eigenvalue weighted by Gasteiger charge is -2.64. The van der Waals surface area contributed by atoms with Gasteiger partial charge in [-0.25, -0.2) is 0 Å². The molecule has 0 spiro atoms. The summed E-state index contributed by atoms with van der Waals surface area (Å²) in [6.45, 7) is 11.2. The molecule has 4 aliphatic rings. The largest absolute Gasteiger partial charge is 0.489 e. The predicted octanol–water partition coefficient (Wildman–Crippen LogP) is 3.22. The summed E-state index contributed by atoms with van der Waals surface area (Å²) in [5, 5.41) is 0. The maximum Gasteiger partial charge on any atom is 0.489 e. The minimum Gasteiger partial charge on any atom is -0.402 e. The van der Waals surface area contributed by atoms with Crippen LogP contribution >= 0.6 is 0 Å². The fraction of sp³-hybridized carbons (Fsp3) is 0.857. The first-order valence-corrected chi connectivity index (χ1v) is 6.85. The van der Waals surface area contributed by atoms with Gasteiger partial charge in [0, 0.05) is 0 Å². The summed E-state index contributed by atoms with van der Waals surface area (Å²) < 4.78 is 12.4. The Kier molecular flexibility index (Phi) is 2.35. The van der Waals surface area contributed by atoms with Crippen LogP contribution in [0.1, 0.15) is 47.5 Å². The van der Waals surface area contributed by atoms with Crippen LogP contribution in [0.4, 0.5) is 0 Å². The van der Waals surface area contributed by atoms with Crippen molar-refractivity contribution in [3.63, 3.8) is 0 Å². The second-order valence-corrected chi connectivity index (χ2v) is 6.83. The van der Waals surface area contributed by atoms with Crippen LogP contribution in [0.3, 0.4) is 0 Å². The van der Waals surface area contributed by atoms with Gasteiger partial charge in [-0.2, -0.15) is 0 Å². The Morgan fingerprint density at radius 3 is 2.59 bits per heavy atom. The summed E-state index contributed by atoms with van der Waals surface area (Å²) in [4.78, 5) is 0. The van der Waals surface area contributed by atoms with Gasteiger partial charge in [-0.15, -0.1) is 0 Å². The van der Waals surface area contributed by atoms with E-state index in [-0.39, 0.29) is 12.7 Å². The Hall–Kier alpha value is -0.275. The third-order valence-corrected chi connectivity index (χ3v) is 5.78. The topological polar surface area (TPSA) is 18.5 Å². The van der Waals surface area contributed by atoms with Crippen LogP contribution in [0.15, 0.2) is 11.5 Å². The number of hydrogen-bond donors (Lipinski definition) is 0. The smallest absolute Gasteiger partial charge is 0.402 e. The van der Waals surface area contributed by atoms with E-state index in [4.69, 9.17) is 9.31 Å². The molecule has 0 aromatic heterocycles. The highest BCUT2D eigenvalue weighted by molar-refractivity contribution is 6.54. The first kappa shape index (κ1) is 11.8. The molecule has 0 unspecified atom stereocenters. The number of allylic oxidation sites excluding steroid dienone is 2. The molecule has 0 aromatic carbocycles. The Morgan fingerprint density at radius 2 is 2.00 bits per heavy atom. The number of rotatable bonds is 1. The first-order chi connectivity index (χ1) is 7.89. The molecule has 0 radical (unpaired) electrons. The fourth-order valence-corrected chi connectivity index (χ4v) is 4.20. The summed E-state index contributed by atoms with van der Waals surface area (Å²) in [5.41, 5.74) is 1.58. The van der Waals surface area contributed by atoms with Crippen LogP contribution in [-0.2, 0) is 9.31 Å². The Morgan fingerprint density at radius 1 is 1.29 bits per heavy atom. The van der Waals surface area contributed by atoms with Gasteiger partial charge in [-0.05, 0) is 56.3 Å². The van der Waals surface area contributed by atoms with E-state index in [0.717, 1.165) is 5.92 Å². The highest BCUT2D eigenvalue weighted by atomic mass is 16.7. The van der Waals surface area contributed by atoms with Gasteiger partial charge in [0.2, 0.25) is 0 Å². The van der Waals surface area contributed by atoms with Crippen molar-refractivity contribution in [2.75, 3.05) is 0 Å². The van der Waals surface area contributed by atoms with Gasteiger partial charge in [0.1, 0.15) is 0 Å². The predicted molar refractivity (Wildman–Crippen MR) is 69.5 cm³/mol. The van der Waals surface area contributed by atoms with Gasteiger partial charge < -0.3 is 9.31 Å². The highest BCUT2D eigenvalue weighted by Crippen LogP contribution is 2.65. The molecular formula is C14H23BO2. The lowest BCUT2D eigenvalue weighted by molar-refractivity contribution is -0.199. The maximum atomic E-state index is 6.30. The molecule has 2 nitrogen and oxygen atoms in total. The summed E-state index contributed by atoms with van der Waals surface area (Å²) in [6, 6.07) is 0. The molecule has 0 amide bonds. The molecule has 3 heteroatoms.